The van der Waals surface area contributed by atoms with E-state index in [2.05, 4.69) is 0 Å². The van der Waals surface area contributed by atoms with E-state index in [-0.39, 0.29) is 34.5 Å². The highest BCUT2D eigenvalue weighted by atomic mass is 35.5. The minimum absolute atomic E-state index is 0.0555. The van der Waals surface area contributed by atoms with Crippen molar-refractivity contribution in [2.24, 2.45) is 5.92 Å². The SMILES string of the molecule is CCC1CN(S(=O)(=O)c2cc(C=O)ccc2Cl)CCC1O. The van der Waals surface area contributed by atoms with Crippen LogP contribution in [0.1, 0.15) is 30.1 Å². The van der Waals surface area contributed by atoms with Crippen molar-refractivity contribution in [1.29, 1.82) is 0 Å². The zero-order valence-electron chi connectivity index (χ0n) is 11.7. The van der Waals surface area contributed by atoms with Crippen LogP contribution in [0.5, 0.6) is 0 Å². The van der Waals surface area contributed by atoms with Crippen LogP contribution in [0.15, 0.2) is 23.1 Å². The topological polar surface area (TPSA) is 74.7 Å². The molecular weight excluding hydrogens is 314 g/mol. The van der Waals surface area contributed by atoms with Crippen molar-refractivity contribution >= 4 is 27.9 Å². The Morgan fingerprint density at radius 1 is 1.48 bits per heavy atom. The summed E-state index contributed by atoms with van der Waals surface area (Å²) in [4.78, 5) is 10.8. The molecule has 1 fully saturated rings. The van der Waals surface area contributed by atoms with Gasteiger partial charge in [0.05, 0.1) is 11.1 Å². The molecule has 1 N–H and O–H groups in total. The molecule has 0 saturated carbocycles. The van der Waals surface area contributed by atoms with E-state index in [9.17, 15) is 18.3 Å². The van der Waals surface area contributed by atoms with Gasteiger partial charge in [-0.3, -0.25) is 4.79 Å². The average Bonchev–Trinajstić information content (AvgIpc) is 2.47. The number of aldehydes is 1. The highest BCUT2D eigenvalue weighted by Gasteiger charge is 2.34. The van der Waals surface area contributed by atoms with Crippen molar-refractivity contribution in [2.75, 3.05) is 13.1 Å². The largest absolute Gasteiger partial charge is 0.393 e. The zero-order chi connectivity index (χ0) is 15.6. The molecule has 1 aromatic rings. The summed E-state index contributed by atoms with van der Waals surface area (Å²) in [5, 5.41) is 9.96. The molecule has 7 heteroatoms. The molecule has 5 nitrogen and oxygen atoms in total. The van der Waals surface area contributed by atoms with Gasteiger partial charge in [-0.2, -0.15) is 4.31 Å². The smallest absolute Gasteiger partial charge is 0.244 e. The summed E-state index contributed by atoms with van der Waals surface area (Å²) in [5.74, 6) is -0.0819. The number of piperidine rings is 1. The van der Waals surface area contributed by atoms with Gasteiger partial charge in [0.1, 0.15) is 11.2 Å². The Morgan fingerprint density at radius 2 is 2.19 bits per heavy atom. The number of hydrogen-bond acceptors (Lipinski definition) is 4. The summed E-state index contributed by atoms with van der Waals surface area (Å²) in [6.45, 7) is 2.44. The summed E-state index contributed by atoms with van der Waals surface area (Å²) in [6, 6.07) is 4.17. The van der Waals surface area contributed by atoms with Gasteiger partial charge in [-0.1, -0.05) is 24.6 Å². The fourth-order valence-electron chi connectivity index (χ4n) is 2.54. The minimum atomic E-state index is -3.76. The Hall–Kier alpha value is -0.950. The molecule has 0 aromatic heterocycles. The highest BCUT2D eigenvalue weighted by molar-refractivity contribution is 7.89. The van der Waals surface area contributed by atoms with E-state index in [0.29, 0.717) is 19.1 Å². The number of carbonyl (C=O) groups is 1. The number of sulfonamides is 1. The van der Waals surface area contributed by atoms with Gasteiger partial charge in [-0.25, -0.2) is 8.42 Å². The summed E-state index contributed by atoms with van der Waals surface area (Å²) in [6.07, 6.45) is 1.22. The maximum absolute atomic E-state index is 12.7. The summed E-state index contributed by atoms with van der Waals surface area (Å²) in [5.41, 5.74) is 0.266. The maximum atomic E-state index is 12.7. The van der Waals surface area contributed by atoms with Gasteiger partial charge >= 0.3 is 0 Å². The van der Waals surface area contributed by atoms with Gasteiger partial charge < -0.3 is 5.11 Å². The van der Waals surface area contributed by atoms with Crippen LogP contribution < -0.4 is 0 Å². The van der Waals surface area contributed by atoms with Gasteiger partial charge in [-0.15, -0.1) is 0 Å². The van der Waals surface area contributed by atoms with Gasteiger partial charge in [0.25, 0.3) is 0 Å². The Bertz CT molecular complexity index is 632. The standard InChI is InChI=1S/C14H18ClNO4S/c1-2-11-8-16(6-5-13(11)18)21(19,20)14-7-10(9-17)3-4-12(14)15/h3-4,7,9,11,13,18H,2,5-6,8H2,1H3. The quantitative estimate of drug-likeness (QED) is 0.855. The average molecular weight is 332 g/mol. The van der Waals surface area contributed by atoms with Crippen LogP contribution in [-0.4, -0.2) is 43.3 Å². The van der Waals surface area contributed by atoms with Crippen molar-refractivity contribution in [3.63, 3.8) is 0 Å². The number of hydrogen-bond donors (Lipinski definition) is 1. The molecule has 116 valence electrons. The van der Waals surface area contributed by atoms with E-state index in [0.717, 1.165) is 0 Å². The molecule has 1 aromatic carbocycles. The fourth-order valence-corrected chi connectivity index (χ4v) is 4.56. The fraction of sp³-hybridized carbons (Fsp3) is 0.500. The number of halogens is 1. The lowest BCUT2D eigenvalue weighted by molar-refractivity contribution is 0.0521. The van der Waals surface area contributed by atoms with E-state index < -0.39 is 16.1 Å². The van der Waals surface area contributed by atoms with Crippen LogP contribution in [0, 0.1) is 5.92 Å². The van der Waals surface area contributed by atoms with Crippen LogP contribution >= 0.6 is 11.6 Å². The first kappa shape index (κ1) is 16.4. The molecule has 0 bridgehead atoms. The van der Waals surface area contributed by atoms with Gasteiger partial charge in [-0.05, 0) is 30.9 Å². The number of benzene rings is 1. The predicted molar refractivity (Wildman–Crippen MR) is 80.0 cm³/mol. The Balaban J connectivity index is 2.36. The lowest BCUT2D eigenvalue weighted by Gasteiger charge is -2.35. The van der Waals surface area contributed by atoms with E-state index in [4.69, 9.17) is 11.6 Å². The molecule has 0 aliphatic carbocycles. The predicted octanol–water partition coefficient (Wildman–Crippen LogP) is 1.93. The normalized spacial score (nSPS) is 24.0. The van der Waals surface area contributed by atoms with Crippen molar-refractivity contribution < 1.29 is 18.3 Å². The molecule has 1 aliphatic rings. The zero-order valence-corrected chi connectivity index (χ0v) is 13.3. The van der Waals surface area contributed by atoms with Crippen molar-refractivity contribution in [1.82, 2.24) is 4.31 Å². The third-order valence-electron chi connectivity index (χ3n) is 3.89. The summed E-state index contributed by atoms with van der Waals surface area (Å²) >= 11 is 5.98. The Morgan fingerprint density at radius 3 is 2.81 bits per heavy atom. The molecule has 1 aliphatic heterocycles. The minimum Gasteiger partial charge on any atom is -0.393 e. The Kier molecular flexibility index (Phi) is 5.03. The maximum Gasteiger partial charge on any atom is 0.244 e. The van der Waals surface area contributed by atoms with Crippen molar-refractivity contribution in [3.05, 3.63) is 28.8 Å². The third-order valence-corrected chi connectivity index (χ3v) is 6.24. The molecular formula is C14H18ClNO4S. The Labute approximate surface area is 129 Å². The van der Waals surface area contributed by atoms with E-state index >= 15 is 0 Å². The van der Waals surface area contributed by atoms with Gasteiger partial charge in [0, 0.05) is 18.7 Å². The number of carbonyl (C=O) groups excluding carboxylic acids is 1. The molecule has 2 unspecified atom stereocenters. The van der Waals surface area contributed by atoms with Crippen molar-refractivity contribution in [3.8, 4) is 0 Å². The number of rotatable bonds is 4. The molecule has 21 heavy (non-hydrogen) atoms. The number of nitrogens with zero attached hydrogens (tertiary/aromatic N) is 1. The van der Waals surface area contributed by atoms with E-state index in [1.165, 1.54) is 22.5 Å². The van der Waals surface area contributed by atoms with E-state index in [1.807, 2.05) is 6.92 Å². The molecule has 1 heterocycles. The van der Waals surface area contributed by atoms with Crippen LogP contribution in [0.4, 0.5) is 0 Å². The molecule has 0 radical (unpaired) electrons. The van der Waals surface area contributed by atoms with Crippen molar-refractivity contribution in [2.45, 2.75) is 30.8 Å². The molecule has 0 spiro atoms. The number of aliphatic hydroxyl groups is 1. The van der Waals surface area contributed by atoms with Crippen LogP contribution in [0.2, 0.25) is 5.02 Å². The molecule has 2 rings (SSSR count). The second kappa shape index (κ2) is 6.44. The lowest BCUT2D eigenvalue weighted by atomic mass is 9.94. The molecule has 0 amide bonds. The summed E-state index contributed by atoms with van der Waals surface area (Å²) in [7, 11) is -3.76. The van der Waals surface area contributed by atoms with Crippen LogP contribution in [-0.2, 0) is 10.0 Å². The molecule has 1 saturated heterocycles. The van der Waals surface area contributed by atoms with Crippen LogP contribution in [0.3, 0.4) is 0 Å². The highest BCUT2D eigenvalue weighted by Crippen LogP contribution is 2.29. The first-order valence-corrected chi connectivity index (χ1v) is 8.65. The first-order chi connectivity index (χ1) is 9.90. The van der Waals surface area contributed by atoms with Crippen LogP contribution in [0.25, 0.3) is 0 Å². The van der Waals surface area contributed by atoms with Gasteiger partial charge in [0.2, 0.25) is 10.0 Å². The lowest BCUT2D eigenvalue weighted by Crippen LogP contribution is -2.45. The number of aliphatic hydroxyl groups excluding tert-OH is 1. The summed E-state index contributed by atoms with van der Waals surface area (Å²) < 4.78 is 26.7. The second-order valence-corrected chi connectivity index (χ2v) is 7.51. The van der Waals surface area contributed by atoms with E-state index in [1.54, 1.807) is 0 Å². The first-order valence-electron chi connectivity index (χ1n) is 6.83. The third kappa shape index (κ3) is 3.29. The monoisotopic (exact) mass is 331 g/mol. The second-order valence-electron chi connectivity index (χ2n) is 5.20. The molecule has 2 atom stereocenters. The van der Waals surface area contributed by atoms with Gasteiger partial charge in [0.15, 0.2) is 0 Å².